The average Bonchev–Trinajstić information content (AvgIpc) is 2.90. The average molecular weight is 523 g/mol. The quantitative estimate of drug-likeness (QED) is 0.443. The Kier molecular flexibility index (Phi) is 7.25. The van der Waals surface area contributed by atoms with Crippen LogP contribution in [0.15, 0.2) is 66.7 Å². The van der Waals surface area contributed by atoms with Crippen molar-refractivity contribution >= 4 is 22.7 Å². The highest BCUT2D eigenvalue weighted by Gasteiger charge is 2.56. The Bertz CT molecular complexity index is 1300. The fourth-order valence-electron chi connectivity index (χ4n) is 4.98. The Morgan fingerprint density at radius 1 is 0.868 bits per heavy atom. The molecular formula is C29H30O9. The van der Waals surface area contributed by atoms with E-state index in [1.54, 1.807) is 31.4 Å². The molecule has 0 N–H and O–H groups in total. The van der Waals surface area contributed by atoms with Crippen LogP contribution in [0.1, 0.15) is 26.3 Å². The summed E-state index contributed by atoms with van der Waals surface area (Å²) in [6, 6.07) is 20.7. The van der Waals surface area contributed by atoms with E-state index in [0.717, 1.165) is 16.3 Å². The summed E-state index contributed by atoms with van der Waals surface area (Å²) in [7, 11) is 1.57. The van der Waals surface area contributed by atoms with Gasteiger partial charge in [-0.1, -0.05) is 42.5 Å². The van der Waals surface area contributed by atoms with Gasteiger partial charge in [-0.2, -0.15) is 0 Å². The molecule has 200 valence electrons. The van der Waals surface area contributed by atoms with E-state index in [1.807, 2.05) is 49.4 Å². The molecule has 0 aromatic heterocycles. The van der Waals surface area contributed by atoms with E-state index in [2.05, 4.69) is 0 Å². The van der Waals surface area contributed by atoms with Gasteiger partial charge in [0.2, 0.25) is 12.4 Å². The summed E-state index contributed by atoms with van der Waals surface area (Å²) in [5, 5.41) is 2.00. The van der Waals surface area contributed by atoms with Gasteiger partial charge in [-0.3, -0.25) is 9.59 Å². The van der Waals surface area contributed by atoms with Gasteiger partial charge in [0.1, 0.15) is 23.7 Å². The number of benzene rings is 3. The summed E-state index contributed by atoms with van der Waals surface area (Å²) >= 11 is 0. The number of carbonyl (C=O) groups is 2. The van der Waals surface area contributed by atoms with Gasteiger partial charge in [0.05, 0.1) is 13.7 Å². The van der Waals surface area contributed by atoms with Crippen molar-refractivity contribution in [3.63, 3.8) is 0 Å². The molecule has 2 aliphatic rings. The van der Waals surface area contributed by atoms with Crippen molar-refractivity contribution in [2.75, 3.05) is 13.7 Å². The normalized spacial score (nSPS) is 28.7. The molecule has 2 saturated heterocycles. The highest BCUT2D eigenvalue weighted by molar-refractivity contribution is 5.86. The number of carbonyl (C=O) groups excluding carboxylic acids is 2. The fourth-order valence-corrected chi connectivity index (χ4v) is 4.98. The van der Waals surface area contributed by atoms with Crippen LogP contribution in [0.3, 0.4) is 0 Å². The zero-order chi connectivity index (χ0) is 26.9. The Hall–Kier alpha value is -3.66. The van der Waals surface area contributed by atoms with Crippen LogP contribution < -0.4 is 9.47 Å². The summed E-state index contributed by atoms with van der Waals surface area (Å²) < 4.78 is 41.6. The van der Waals surface area contributed by atoms with Crippen molar-refractivity contribution in [1.29, 1.82) is 0 Å². The minimum Gasteiger partial charge on any atom is -0.497 e. The molecule has 0 spiro atoms. The lowest BCUT2D eigenvalue weighted by Gasteiger charge is -2.50. The maximum Gasteiger partial charge on any atom is 0.303 e. The number of ether oxygens (including phenoxy) is 7. The molecule has 2 fully saturated rings. The van der Waals surface area contributed by atoms with Crippen LogP contribution in [0, 0.1) is 0 Å². The number of hydrogen-bond donors (Lipinski definition) is 0. The number of hydrogen-bond acceptors (Lipinski definition) is 9. The van der Waals surface area contributed by atoms with Crippen molar-refractivity contribution in [1.82, 2.24) is 0 Å². The van der Waals surface area contributed by atoms with Crippen molar-refractivity contribution in [3.05, 3.63) is 72.3 Å². The monoisotopic (exact) mass is 522 g/mol. The minimum atomic E-state index is -1.19. The minimum absolute atomic E-state index is 0.122. The highest BCUT2D eigenvalue weighted by atomic mass is 16.8. The smallest absolute Gasteiger partial charge is 0.303 e. The largest absolute Gasteiger partial charge is 0.497 e. The molecule has 0 radical (unpaired) electrons. The molecule has 5 rings (SSSR count). The number of rotatable bonds is 6. The van der Waals surface area contributed by atoms with E-state index < -0.39 is 48.4 Å². The van der Waals surface area contributed by atoms with Crippen LogP contribution in [-0.4, -0.2) is 56.4 Å². The summed E-state index contributed by atoms with van der Waals surface area (Å²) in [4.78, 5) is 24.3. The van der Waals surface area contributed by atoms with Gasteiger partial charge in [-0.15, -0.1) is 0 Å². The summed E-state index contributed by atoms with van der Waals surface area (Å²) in [6.45, 7) is 4.50. The van der Waals surface area contributed by atoms with Gasteiger partial charge in [0, 0.05) is 19.4 Å². The van der Waals surface area contributed by atoms with E-state index in [9.17, 15) is 9.59 Å². The third-order valence-electron chi connectivity index (χ3n) is 6.67. The summed E-state index contributed by atoms with van der Waals surface area (Å²) in [5.41, 5.74) is 0.816. The zero-order valence-corrected chi connectivity index (χ0v) is 21.6. The standard InChI is InChI=1S/C29H30O9/c1-17(30)34-26-25-24(16-33-29(3,38-25)23-11-7-9-19-8-5-6-10-22(19)23)37-28(27(26)35-18(2)31)36-21-14-12-20(32-4)13-15-21/h5-15,24-28H,16H2,1-4H3/t24-,25-,26+,27-,28-,29+/m1/s1. The van der Waals surface area contributed by atoms with Crippen molar-refractivity contribution in [2.45, 2.75) is 57.3 Å². The van der Waals surface area contributed by atoms with Crippen molar-refractivity contribution in [2.24, 2.45) is 0 Å². The maximum atomic E-state index is 12.2. The second kappa shape index (κ2) is 10.6. The molecule has 9 nitrogen and oxygen atoms in total. The van der Waals surface area contributed by atoms with Crippen LogP contribution in [0.2, 0.25) is 0 Å². The molecule has 6 atom stereocenters. The molecular weight excluding hydrogens is 492 g/mol. The first-order valence-corrected chi connectivity index (χ1v) is 12.4. The van der Waals surface area contributed by atoms with Crippen LogP contribution in [-0.2, 0) is 39.1 Å². The molecule has 2 aliphatic heterocycles. The first-order chi connectivity index (χ1) is 18.3. The molecule has 38 heavy (non-hydrogen) atoms. The molecule has 0 unspecified atom stereocenters. The predicted molar refractivity (Wildman–Crippen MR) is 136 cm³/mol. The third-order valence-corrected chi connectivity index (χ3v) is 6.67. The Labute approximate surface area is 220 Å². The molecule has 2 heterocycles. The van der Waals surface area contributed by atoms with Gasteiger partial charge in [-0.05, 0) is 42.0 Å². The third kappa shape index (κ3) is 5.18. The molecule has 0 aliphatic carbocycles. The first-order valence-electron chi connectivity index (χ1n) is 12.4. The Morgan fingerprint density at radius 3 is 2.24 bits per heavy atom. The van der Waals surface area contributed by atoms with Crippen molar-refractivity contribution < 1.29 is 42.7 Å². The fraction of sp³-hybridized carbons (Fsp3) is 0.379. The highest BCUT2D eigenvalue weighted by Crippen LogP contribution is 2.42. The van der Waals surface area contributed by atoms with Crippen LogP contribution in [0.4, 0.5) is 0 Å². The van der Waals surface area contributed by atoms with Crippen LogP contribution in [0.25, 0.3) is 10.8 Å². The lowest BCUT2D eigenvalue weighted by Crippen LogP contribution is -2.66. The molecule has 0 saturated carbocycles. The van der Waals surface area contributed by atoms with Crippen molar-refractivity contribution in [3.8, 4) is 11.5 Å². The van der Waals surface area contributed by atoms with Gasteiger partial charge in [0.15, 0.2) is 11.9 Å². The lowest BCUT2D eigenvalue weighted by atomic mass is 9.93. The molecule has 9 heteroatoms. The van der Waals surface area contributed by atoms with Crippen LogP contribution in [0.5, 0.6) is 11.5 Å². The van der Waals surface area contributed by atoms with Gasteiger partial charge >= 0.3 is 11.9 Å². The second-order valence-electron chi connectivity index (χ2n) is 9.35. The molecule has 0 amide bonds. The number of fused-ring (bicyclic) bond motifs is 2. The summed E-state index contributed by atoms with van der Waals surface area (Å²) in [5.74, 6) is -1.22. The van der Waals surface area contributed by atoms with E-state index >= 15 is 0 Å². The van der Waals surface area contributed by atoms with E-state index in [4.69, 9.17) is 33.2 Å². The van der Waals surface area contributed by atoms with Gasteiger partial charge < -0.3 is 33.2 Å². The second-order valence-corrected chi connectivity index (χ2v) is 9.35. The van der Waals surface area contributed by atoms with E-state index in [1.165, 1.54) is 13.8 Å². The Balaban J connectivity index is 1.48. The van der Waals surface area contributed by atoms with Gasteiger partial charge in [-0.25, -0.2) is 0 Å². The lowest BCUT2D eigenvalue weighted by molar-refractivity contribution is -0.384. The summed E-state index contributed by atoms with van der Waals surface area (Å²) in [6.07, 6.45) is -4.69. The number of esters is 2. The maximum absolute atomic E-state index is 12.2. The van der Waals surface area contributed by atoms with Crippen LogP contribution >= 0.6 is 0 Å². The first kappa shape index (κ1) is 26.0. The van der Waals surface area contributed by atoms with E-state index in [0.29, 0.717) is 11.5 Å². The SMILES string of the molecule is COc1ccc(O[C@@H]2O[C@@H]3CO[C@](C)(c4cccc5ccccc45)O[C@H]3[C@H](OC(C)=O)[C@H]2OC(C)=O)cc1. The molecule has 0 bridgehead atoms. The molecule has 3 aromatic carbocycles. The van der Waals surface area contributed by atoms with Gasteiger partial charge in [0.25, 0.3) is 0 Å². The number of methoxy groups -OCH3 is 1. The predicted octanol–water partition coefficient (Wildman–Crippen LogP) is 4.10. The van der Waals surface area contributed by atoms with E-state index in [-0.39, 0.29) is 6.61 Å². The molecule has 3 aromatic rings. The topological polar surface area (TPSA) is 98.8 Å². The zero-order valence-electron chi connectivity index (χ0n) is 21.6. The Morgan fingerprint density at radius 2 is 1.53 bits per heavy atom.